The Balaban J connectivity index is 1.53. The Morgan fingerprint density at radius 2 is 1.80 bits per heavy atom. The predicted molar refractivity (Wildman–Crippen MR) is 97.6 cm³/mol. The summed E-state index contributed by atoms with van der Waals surface area (Å²) < 4.78 is 68.1. The molecule has 0 saturated carbocycles. The van der Waals surface area contributed by atoms with E-state index in [0.717, 1.165) is 23.4 Å². The summed E-state index contributed by atoms with van der Waals surface area (Å²) in [6.07, 6.45) is -2.86. The second-order valence-corrected chi connectivity index (χ2v) is 7.03. The van der Waals surface area contributed by atoms with Crippen LogP contribution in [-0.4, -0.2) is 26.9 Å². The minimum absolute atomic E-state index is 0.0697. The number of amides is 1. The molecule has 1 aliphatic rings. The number of fused-ring (bicyclic) bond motifs is 1. The average Bonchev–Trinajstić information content (AvgIpc) is 3.10. The highest BCUT2D eigenvalue weighted by Crippen LogP contribution is 2.33. The Morgan fingerprint density at radius 3 is 2.50 bits per heavy atom. The second kappa shape index (κ2) is 7.55. The molecular formula is C21H16F5N3O. The van der Waals surface area contributed by atoms with Gasteiger partial charge in [0.15, 0.2) is 0 Å². The van der Waals surface area contributed by atoms with Crippen LogP contribution in [0.1, 0.15) is 32.9 Å². The molecule has 0 spiro atoms. The molecule has 0 unspecified atom stereocenters. The van der Waals surface area contributed by atoms with E-state index < -0.39 is 29.0 Å². The summed E-state index contributed by atoms with van der Waals surface area (Å²) in [5, 5.41) is 0. The lowest BCUT2D eigenvalue weighted by molar-refractivity contribution is -0.140. The molecule has 0 radical (unpaired) electrons. The molecule has 0 aliphatic carbocycles. The van der Waals surface area contributed by atoms with Gasteiger partial charge in [0.1, 0.15) is 11.6 Å². The number of hydrogen-bond donors (Lipinski definition) is 0. The van der Waals surface area contributed by atoms with Crippen molar-refractivity contribution >= 4 is 5.91 Å². The number of halogens is 5. The van der Waals surface area contributed by atoms with Crippen LogP contribution in [0.25, 0.3) is 0 Å². The highest BCUT2D eigenvalue weighted by atomic mass is 19.4. The third kappa shape index (κ3) is 3.79. The van der Waals surface area contributed by atoms with E-state index in [-0.39, 0.29) is 18.9 Å². The van der Waals surface area contributed by atoms with E-state index in [4.69, 9.17) is 0 Å². The van der Waals surface area contributed by atoms with Crippen molar-refractivity contribution in [1.82, 2.24) is 14.5 Å². The van der Waals surface area contributed by atoms with E-state index in [1.54, 1.807) is 18.5 Å². The maximum Gasteiger partial charge on any atom is 0.419 e. The van der Waals surface area contributed by atoms with Crippen LogP contribution in [0.4, 0.5) is 22.0 Å². The van der Waals surface area contributed by atoms with Crippen LogP contribution >= 0.6 is 0 Å². The number of alkyl halides is 3. The number of aromatic nitrogens is 2. The van der Waals surface area contributed by atoms with Crippen LogP contribution in [-0.2, 0) is 25.7 Å². The zero-order chi connectivity index (χ0) is 21.5. The standard InChI is InChI=1S/C21H16F5N3O/c22-14-6-4-13(5-7-14)10-29-12-27-17-11-28(9-8-18(17)29)20(30)15-2-1-3-16(19(15)23)21(24,25)26/h1-7,12H,8-11H2. The number of carbonyl (C=O) groups excluding carboxylic acids is 1. The summed E-state index contributed by atoms with van der Waals surface area (Å²) in [5.41, 5.74) is 0.284. The van der Waals surface area contributed by atoms with Gasteiger partial charge in [-0.1, -0.05) is 18.2 Å². The number of rotatable bonds is 3. The van der Waals surface area contributed by atoms with Crippen molar-refractivity contribution in [1.29, 1.82) is 0 Å². The van der Waals surface area contributed by atoms with E-state index in [1.165, 1.54) is 17.0 Å². The number of nitrogens with zero attached hydrogens (tertiary/aromatic N) is 3. The first-order valence-electron chi connectivity index (χ1n) is 9.16. The molecule has 2 heterocycles. The second-order valence-electron chi connectivity index (χ2n) is 7.03. The maximum atomic E-state index is 14.3. The molecule has 1 aromatic heterocycles. The van der Waals surface area contributed by atoms with Crippen LogP contribution in [0, 0.1) is 11.6 Å². The van der Waals surface area contributed by atoms with Gasteiger partial charge in [-0.2, -0.15) is 13.2 Å². The van der Waals surface area contributed by atoms with Gasteiger partial charge in [0.25, 0.3) is 5.91 Å². The van der Waals surface area contributed by atoms with Crippen molar-refractivity contribution < 1.29 is 26.7 Å². The highest BCUT2D eigenvalue weighted by Gasteiger charge is 2.36. The molecule has 0 fully saturated rings. The summed E-state index contributed by atoms with van der Waals surface area (Å²) in [5.74, 6) is -2.71. The van der Waals surface area contributed by atoms with Gasteiger partial charge in [-0.05, 0) is 29.8 Å². The highest BCUT2D eigenvalue weighted by molar-refractivity contribution is 5.94. The van der Waals surface area contributed by atoms with Crippen molar-refractivity contribution in [3.63, 3.8) is 0 Å². The van der Waals surface area contributed by atoms with Crippen molar-refractivity contribution in [2.24, 2.45) is 0 Å². The molecule has 0 N–H and O–H groups in total. The lowest BCUT2D eigenvalue weighted by atomic mass is 10.1. The summed E-state index contributed by atoms with van der Waals surface area (Å²) in [6, 6.07) is 8.73. The van der Waals surface area contributed by atoms with Crippen molar-refractivity contribution in [2.45, 2.75) is 25.7 Å². The fourth-order valence-corrected chi connectivity index (χ4v) is 3.55. The topological polar surface area (TPSA) is 38.1 Å². The Labute approximate surface area is 168 Å². The number of imidazole rings is 1. The molecule has 2 aromatic carbocycles. The van der Waals surface area contributed by atoms with E-state index in [0.29, 0.717) is 24.7 Å². The summed E-state index contributed by atoms with van der Waals surface area (Å²) in [7, 11) is 0. The monoisotopic (exact) mass is 421 g/mol. The van der Waals surface area contributed by atoms with E-state index in [9.17, 15) is 26.7 Å². The lowest BCUT2D eigenvalue weighted by Crippen LogP contribution is -2.37. The van der Waals surface area contributed by atoms with Gasteiger partial charge in [0, 0.05) is 25.2 Å². The predicted octanol–water partition coefficient (Wildman–Crippen LogP) is 4.43. The Bertz CT molecular complexity index is 1090. The molecule has 156 valence electrons. The van der Waals surface area contributed by atoms with Gasteiger partial charge in [0.2, 0.25) is 0 Å². The van der Waals surface area contributed by atoms with E-state index >= 15 is 0 Å². The molecule has 4 rings (SSSR count). The smallest absolute Gasteiger partial charge is 0.332 e. The Morgan fingerprint density at radius 1 is 1.07 bits per heavy atom. The van der Waals surface area contributed by atoms with Gasteiger partial charge in [0.05, 0.1) is 29.7 Å². The zero-order valence-electron chi connectivity index (χ0n) is 15.6. The number of benzene rings is 2. The first-order valence-corrected chi connectivity index (χ1v) is 9.16. The third-order valence-electron chi connectivity index (χ3n) is 5.08. The first-order chi connectivity index (χ1) is 14.2. The molecule has 0 bridgehead atoms. The van der Waals surface area contributed by atoms with Crippen molar-refractivity contribution in [3.05, 3.63) is 88.5 Å². The van der Waals surface area contributed by atoms with E-state index in [2.05, 4.69) is 4.98 Å². The van der Waals surface area contributed by atoms with Gasteiger partial charge in [-0.25, -0.2) is 13.8 Å². The molecule has 1 aliphatic heterocycles. The molecular weight excluding hydrogens is 405 g/mol. The fraction of sp³-hybridized carbons (Fsp3) is 0.238. The van der Waals surface area contributed by atoms with Crippen LogP contribution in [0.3, 0.4) is 0 Å². The van der Waals surface area contributed by atoms with Gasteiger partial charge in [-0.15, -0.1) is 0 Å². The van der Waals surface area contributed by atoms with Crippen LogP contribution in [0.2, 0.25) is 0 Å². The summed E-state index contributed by atoms with van der Waals surface area (Å²) in [6.45, 7) is 0.760. The van der Waals surface area contributed by atoms with Gasteiger partial charge in [-0.3, -0.25) is 4.79 Å². The SMILES string of the molecule is O=C(c1cccc(C(F)(F)F)c1F)N1CCc2c(ncn2Cc2ccc(F)cc2)C1. The zero-order valence-corrected chi connectivity index (χ0v) is 15.6. The maximum absolute atomic E-state index is 14.3. The average molecular weight is 421 g/mol. The number of carbonyl (C=O) groups is 1. The quantitative estimate of drug-likeness (QED) is 0.587. The van der Waals surface area contributed by atoms with Crippen molar-refractivity contribution in [3.8, 4) is 0 Å². The Kier molecular flexibility index (Phi) is 5.05. The van der Waals surface area contributed by atoms with Crippen molar-refractivity contribution in [2.75, 3.05) is 6.54 Å². The van der Waals surface area contributed by atoms with Crippen LogP contribution in [0.5, 0.6) is 0 Å². The molecule has 0 atom stereocenters. The third-order valence-corrected chi connectivity index (χ3v) is 5.08. The molecule has 30 heavy (non-hydrogen) atoms. The van der Waals surface area contributed by atoms with Crippen LogP contribution < -0.4 is 0 Å². The molecule has 9 heteroatoms. The van der Waals surface area contributed by atoms with Crippen LogP contribution in [0.15, 0.2) is 48.8 Å². The largest absolute Gasteiger partial charge is 0.419 e. The Hall–Kier alpha value is -3.23. The molecule has 1 amide bonds. The fourth-order valence-electron chi connectivity index (χ4n) is 3.55. The minimum Gasteiger partial charge on any atom is -0.332 e. The first kappa shape index (κ1) is 20.1. The van der Waals surface area contributed by atoms with E-state index in [1.807, 2.05) is 4.57 Å². The van der Waals surface area contributed by atoms with Gasteiger partial charge < -0.3 is 9.47 Å². The normalized spacial score (nSPS) is 14.0. The lowest BCUT2D eigenvalue weighted by Gasteiger charge is -2.27. The number of hydrogen-bond acceptors (Lipinski definition) is 2. The minimum atomic E-state index is -4.88. The summed E-state index contributed by atoms with van der Waals surface area (Å²) >= 11 is 0. The molecule has 3 aromatic rings. The summed E-state index contributed by atoms with van der Waals surface area (Å²) in [4.78, 5) is 18.3. The molecule has 0 saturated heterocycles. The molecule has 4 nitrogen and oxygen atoms in total. The van der Waals surface area contributed by atoms with Gasteiger partial charge >= 0.3 is 6.18 Å².